The third-order valence-electron chi connectivity index (χ3n) is 3.10. The Balaban J connectivity index is 2.59. The second-order valence-electron chi connectivity index (χ2n) is 4.49. The lowest BCUT2D eigenvalue weighted by Crippen LogP contribution is -2.48. The summed E-state index contributed by atoms with van der Waals surface area (Å²) in [6.45, 7) is 0. The van der Waals surface area contributed by atoms with E-state index < -0.39 is 46.5 Å². The molecule has 2 rings (SSSR count). The fourth-order valence-corrected chi connectivity index (χ4v) is 1.92. The molecule has 0 aliphatic heterocycles. The number of allylic oxidation sites excluding steroid dienone is 2. The van der Waals surface area contributed by atoms with Crippen LogP contribution in [0.2, 0.25) is 0 Å². The summed E-state index contributed by atoms with van der Waals surface area (Å²) in [7, 11) is 0. The monoisotopic (exact) mass is 338 g/mol. The van der Waals surface area contributed by atoms with Crippen molar-refractivity contribution in [2.24, 2.45) is 0 Å². The van der Waals surface area contributed by atoms with Crippen molar-refractivity contribution in [3.05, 3.63) is 41.2 Å². The van der Waals surface area contributed by atoms with E-state index in [1.54, 1.807) is 0 Å². The zero-order valence-corrected chi connectivity index (χ0v) is 10.1. The molecule has 0 bridgehead atoms. The van der Waals surface area contributed by atoms with Crippen molar-refractivity contribution >= 4 is 5.57 Å². The zero-order chi connectivity index (χ0) is 17.1. The molecule has 122 valence electrons. The van der Waals surface area contributed by atoms with Gasteiger partial charge in [0.1, 0.15) is 0 Å². The molecule has 0 nitrogen and oxygen atoms in total. The molecular formula is C12H4F10. The van der Waals surface area contributed by atoms with Crippen LogP contribution in [0.15, 0.2) is 30.1 Å². The summed E-state index contributed by atoms with van der Waals surface area (Å²) in [4.78, 5) is 0. The van der Waals surface area contributed by atoms with Crippen LogP contribution in [0, 0.1) is 0 Å². The highest BCUT2D eigenvalue weighted by Crippen LogP contribution is 2.62. The molecular weight excluding hydrogens is 334 g/mol. The minimum atomic E-state index is -6.03. The summed E-state index contributed by atoms with van der Waals surface area (Å²) in [5, 5.41) is 0. The number of halogens is 10. The minimum Gasteiger partial charge on any atom is -0.204 e. The van der Waals surface area contributed by atoms with E-state index in [-0.39, 0.29) is 24.3 Å². The van der Waals surface area contributed by atoms with Gasteiger partial charge in [-0.1, -0.05) is 12.1 Å². The lowest BCUT2D eigenvalue weighted by atomic mass is 9.99. The van der Waals surface area contributed by atoms with E-state index in [0.717, 1.165) is 0 Å². The maximum atomic E-state index is 13.4. The molecule has 0 spiro atoms. The van der Waals surface area contributed by atoms with Gasteiger partial charge in [0.05, 0.1) is 11.1 Å². The average Bonchev–Trinajstić information content (AvgIpc) is 2.45. The second kappa shape index (κ2) is 4.39. The molecule has 10 heteroatoms. The van der Waals surface area contributed by atoms with E-state index in [1.807, 2.05) is 0 Å². The van der Waals surface area contributed by atoms with Crippen LogP contribution in [0.25, 0.3) is 5.57 Å². The number of alkyl halides is 9. The van der Waals surface area contributed by atoms with Crippen LogP contribution in [0.5, 0.6) is 0 Å². The first-order valence-electron chi connectivity index (χ1n) is 5.46. The van der Waals surface area contributed by atoms with Crippen LogP contribution >= 0.6 is 0 Å². The number of hydrogen-bond donors (Lipinski definition) is 0. The van der Waals surface area contributed by atoms with Gasteiger partial charge in [-0.15, -0.1) is 0 Å². The molecule has 0 amide bonds. The Labute approximate surface area is 116 Å². The van der Waals surface area contributed by atoms with Gasteiger partial charge in [0.15, 0.2) is 5.83 Å². The highest BCUT2D eigenvalue weighted by atomic mass is 19.4. The van der Waals surface area contributed by atoms with Crippen molar-refractivity contribution in [1.82, 2.24) is 0 Å². The Morgan fingerprint density at radius 1 is 0.727 bits per heavy atom. The van der Waals surface area contributed by atoms with Crippen LogP contribution in [0.3, 0.4) is 0 Å². The van der Waals surface area contributed by atoms with Gasteiger partial charge in [0, 0.05) is 0 Å². The molecule has 0 saturated heterocycles. The summed E-state index contributed by atoms with van der Waals surface area (Å²) in [6.07, 6.45) is -4.86. The van der Waals surface area contributed by atoms with E-state index >= 15 is 0 Å². The fourth-order valence-electron chi connectivity index (χ4n) is 1.92. The maximum Gasteiger partial charge on any atom is 0.416 e. The molecule has 22 heavy (non-hydrogen) atoms. The normalized spacial score (nSPS) is 23.0. The molecule has 0 unspecified atom stereocenters. The maximum absolute atomic E-state index is 13.4. The first-order valence-corrected chi connectivity index (χ1v) is 5.46. The van der Waals surface area contributed by atoms with Crippen molar-refractivity contribution < 1.29 is 43.9 Å². The SMILES string of the molecule is FC1=C(c2ccc(C(F)(F)F)cc2)C(F)(F)C(F)(F)C1(F)F. The topological polar surface area (TPSA) is 0 Å². The summed E-state index contributed by atoms with van der Waals surface area (Å²) in [5.41, 5.74) is -4.85. The van der Waals surface area contributed by atoms with Gasteiger partial charge < -0.3 is 0 Å². The first-order chi connectivity index (χ1) is 9.74. The summed E-state index contributed by atoms with van der Waals surface area (Å²) >= 11 is 0. The Morgan fingerprint density at radius 3 is 1.50 bits per heavy atom. The van der Waals surface area contributed by atoms with Gasteiger partial charge in [-0.2, -0.15) is 39.5 Å². The van der Waals surface area contributed by atoms with Gasteiger partial charge >= 0.3 is 23.9 Å². The predicted molar refractivity (Wildman–Crippen MR) is 54.3 cm³/mol. The third-order valence-corrected chi connectivity index (χ3v) is 3.10. The fraction of sp³-hybridized carbons (Fsp3) is 0.333. The highest BCUT2D eigenvalue weighted by Gasteiger charge is 2.81. The summed E-state index contributed by atoms with van der Waals surface area (Å²) < 4.78 is 129. The molecule has 1 aromatic carbocycles. The quantitative estimate of drug-likeness (QED) is 0.609. The summed E-state index contributed by atoms with van der Waals surface area (Å²) in [5.74, 6) is -20.4. The van der Waals surface area contributed by atoms with Crippen LogP contribution in [-0.4, -0.2) is 17.8 Å². The van der Waals surface area contributed by atoms with Crippen molar-refractivity contribution in [2.75, 3.05) is 0 Å². The molecule has 0 heterocycles. The van der Waals surface area contributed by atoms with Gasteiger partial charge in [-0.05, 0) is 17.7 Å². The van der Waals surface area contributed by atoms with Crippen molar-refractivity contribution in [3.63, 3.8) is 0 Å². The van der Waals surface area contributed by atoms with Crippen molar-refractivity contribution in [3.8, 4) is 0 Å². The van der Waals surface area contributed by atoms with Gasteiger partial charge in [0.2, 0.25) is 0 Å². The van der Waals surface area contributed by atoms with Gasteiger partial charge in [-0.3, -0.25) is 0 Å². The van der Waals surface area contributed by atoms with Crippen molar-refractivity contribution in [1.29, 1.82) is 0 Å². The van der Waals surface area contributed by atoms with E-state index in [9.17, 15) is 43.9 Å². The molecule has 0 radical (unpaired) electrons. The van der Waals surface area contributed by atoms with E-state index in [1.165, 1.54) is 0 Å². The predicted octanol–water partition coefficient (Wildman–Crippen LogP) is 5.31. The Bertz CT molecular complexity index is 620. The molecule has 0 aromatic heterocycles. The molecule has 1 aromatic rings. The first kappa shape index (κ1) is 16.6. The van der Waals surface area contributed by atoms with Crippen LogP contribution < -0.4 is 0 Å². The molecule has 0 atom stereocenters. The zero-order valence-electron chi connectivity index (χ0n) is 10.1. The minimum absolute atomic E-state index is 0.195. The average molecular weight is 338 g/mol. The van der Waals surface area contributed by atoms with Gasteiger partial charge in [-0.25, -0.2) is 4.39 Å². The van der Waals surface area contributed by atoms with Crippen LogP contribution in [-0.2, 0) is 6.18 Å². The van der Waals surface area contributed by atoms with Gasteiger partial charge in [0.25, 0.3) is 0 Å². The molecule has 0 N–H and O–H groups in total. The number of rotatable bonds is 1. The lowest BCUT2D eigenvalue weighted by Gasteiger charge is -2.24. The van der Waals surface area contributed by atoms with Crippen LogP contribution in [0.1, 0.15) is 11.1 Å². The van der Waals surface area contributed by atoms with E-state index in [4.69, 9.17) is 0 Å². The van der Waals surface area contributed by atoms with E-state index in [2.05, 4.69) is 0 Å². The molecule has 1 aliphatic carbocycles. The standard InChI is InChI=1S/C12H4F10/c13-8-7(9(14,15)12(21,22)10(8,16)17)5-1-3-6(4-2-5)11(18,19)20/h1-4H. The second-order valence-corrected chi connectivity index (χ2v) is 4.49. The molecule has 0 saturated carbocycles. The number of hydrogen-bond acceptors (Lipinski definition) is 0. The Kier molecular flexibility index (Phi) is 3.32. The van der Waals surface area contributed by atoms with Crippen molar-refractivity contribution in [2.45, 2.75) is 23.9 Å². The third kappa shape index (κ3) is 1.99. The molecule has 0 fully saturated rings. The Hall–Kier alpha value is -1.74. The number of benzene rings is 1. The highest BCUT2D eigenvalue weighted by molar-refractivity contribution is 5.78. The largest absolute Gasteiger partial charge is 0.416 e. The summed E-state index contributed by atoms with van der Waals surface area (Å²) in [6, 6.07) is 0.840. The van der Waals surface area contributed by atoms with Crippen LogP contribution in [0.4, 0.5) is 43.9 Å². The Morgan fingerprint density at radius 2 is 1.18 bits per heavy atom. The smallest absolute Gasteiger partial charge is 0.204 e. The molecule has 1 aliphatic rings. The lowest BCUT2D eigenvalue weighted by molar-refractivity contribution is -0.263. The van der Waals surface area contributed by atoms with E-state index in [0.29, 0.717) is 0 Å².